The molecule has 0 radical (unpaired) electrons. The molecule has 220 valence electrons. The second kappa shape index (κ2) is 12.0. The first-order valence-electron chi connectivity index (χ1n) is 13.2. The second-order valence-corrected chi connectivity index (χ2v) is 11.1. The molecule has 1 aliphatic rings. The van der Waals surface area contributed by atoms with Crippen molar-refractivity contribution in [2.75, 3.05) is 16.8 Å². The molecule has 0 saturated carbocycles. The molecule has 42 heavy (non-hydrogen) atoms. The number of carbonyl (C=O) groups excluding carboxylic acids is 1. The summed E-state index contributed by atoms with van der Waals surface area (Å²) >= 11 is 5.80. The van der Waals surface area contributed by atoms with Crippen LogP contribution in [-0.2, 0) is 6.54 Å². The summed E-state index contributed by atoms with van der Waals surface area (Å²) in [5.41, 5.74) is -1.24. The summed E-state index contributed by atoms with van der Waals surface area (Å²) < 4.78 is 43.3. The normalized spacial score (nSPS) is 15.4. The molecule has 0 spiro atoms. The molecule has 5 rings (SSSR count). The molecular weight excluding hydrogens is 573 g/mol. The predicted octanol–water partition coefficient (Wildman–Crippen LogP) is 5.29. The van der Waals surface area contributed by atoms with Gasteiger partial charge in [0, 0.05) is 47.9 Å². The third kappa shape index (κ3) is 6.68. The molecule has 1 aliphatic heterocycles. The van der Waals surface area contributed by atoms with Gasteiger partial charge in [-0.3, -0.25) is 14.5 Å². The van der Waals surface area contributed by atoms with Gasteiger partial charge in [-0.25, -0.2) is 28.1 Å². The van der Waals surface area contributed by atoms with Crippen LogP contribution in [0.2, 0.25) is 5.02 Å². The summed E-state index contributed by atoms with van der Waals surface area (Å²) in [5, 5.41) is 16.7. The van der Waals surface area contributed by atoms with Crippen molar-refractivity contribution in [1.82, 2.24) is 29.7 Å². The fourth-order valence-electron chi connectivity index (χ4n) is 4.97. The lowest BCUT2D eigenvalue weighted by Crippen LogP contribution is -2.37. The minimum atomic E-state index is -2.99. The molecule has 0 bridgehead atoms. The first-order chi connectivity index (χ1) is 20.0. The quantitative estimate of drug-likeness (QED) is 0.266. The summed E-state index contributed by atoms with van der Waals surface area (Å²) in [6.07, 6.45) is 8.30. The van der Waals surface area contributed by atoms with Crippen molar-refractivity contribution >= 4 is 29.1 Å². The Balaban J connectivity index is 1.25. The van der Waals surface area contributed by atoms with Crippen molar-refractivity contribution in [1.29, 1.82) is 0 Å². The number of benzene rings is 1. The number of alkyl halides is 2. The average Bonchev–Trinajstić information content (AvgIpc) is 3.58. The van der Waals surface area contributed by atoms with Gasteiger partial charge in [-0.15, -0.1) is 0 Å². The molecule has 1 fully saturated rings. The van der Waals surface area contributed by atoms with Crippen LogP contribution in [0.25, 0.3) is 11.3 Å². The zero-order valence-corrected chi connectivity index (χ0v) is 23.6. The largest absolute Gasteiger partial charge is 0.390 e. The second-order valence-electron chi connectivity index (χ2n) is 10.7. The van der Waals surface area contributed by atoms with Crippen molar-refractivity contribution in [3.8, 4) is 11.3 Å². The Morgan fingerprint density at radius 3 is 2.67 bits per heavy atom. The van der Waals surface area contributed by atoms with E-state index in [9.17, 15) is 23.1 Å². The summed E-state index contributed by atoms with van der Waals surface area (Å²) in [4.78, 5) is 32.0. The molecule has 14 heteroatoms. The lowest BCUT2D eigenvalue weighted by atomic mass is 9.98. The van der Waals surface area contributed by atoms with E-state index in [4.69, 9.17) is 11.6 Å². The lowest BCUT2D eigenvalue weighted by molar-refractivity contribution is 0.0638. The summed E-state index contributed by atoms with van der Waals surface area (Å²) in [7, 11) is 0. The molecule has 1 amide bonds. The fraction of sp³-hybridized carbons (Fsp3) is 0.357. The maximum atomic E-state index is 14.7. The molecular formula is C28H28ClF3N8O2. The number of carbonyl (C=O) groups is 1. The maximum Gasteiger partial charge on any atom is 0.275 e. The van der Waals surface area contributed by atoms with E-state index in [2.05, 4.69) is 35.3 Å². The van der Waals surface area contributed by atoms with E-state index in [-0.39, 0.29) is 22.5 Å². The van der Waals surface area contributed by atoms with Crippen molar-refractivity contribution in [3.63, 3.8) is 0 Å². The number of rotatable bonds is 9. The van der Waals surface area contributed by atoms with E-state index >= 15 is 0 Å². The van der Waals surface area contributed by atoms with Crippen LogP contribution in [0.3, 0.4) is 0 Å². The van der Waals surface area contributed by atoms with Crippen molar-refractivity contribution in [2.24, 2.45) is 0 Å². The van der Waals surface area contributed by atoms with Crippen molar-refractivity contribution in [3.05, 3.63) is 77.0 Å². The molecule has 0 unspecified atom stereocenters. The number of nitrogens with zero attached hydrogens (tertiary/aromatic N) is 7. The molecule has 2 N–H and O–H groups in total. The highest BCUT2D eigenvalue weighted by molar-refractivity contribution is 6.31. The molecule has 10 nitrogen and oxygen atoms in total. The monoisotopic (exact) mass is 600 g/mol. The maximum absolute atomic E-state index is 14.7. The zero-order valence-electron chi connectivity index (χ0n) is 22.8. The highest BCUT2D eigenvalue weighted by Crippen LogP contribution is 2.35. The summed E-state index contributed by atoms with van der Waals surface area (Å²) in [6, 6.07) is 2.22. The summed E-state index contributed by atoms with van der Waals surface area (Å²) in [5.74, 6) is -1.15. The average molecular weight is 601 g/mol. The molecule has 4 heterocycles. The van der Waals surface area contributed by atoms with Gasteiger partial charge in [0.05, 0.1) is 47.1 Å². The molecule has 3 aromatic heterocycles. The Labute approximate surface area is 244 Å². The van der Waals surface area contributed by atoms with Crippen LogP contribution in [0.5, 0.6) is 0 Å². The molecule has 1 aromatic carbocycles. The van der Waals surface area contributed by atoms with Gasteiger partial charge in [-0.1, -0.05) is 17.7 Å². The van der Waals surface area contributed by atoms with Gasteiger partial charge in [0.15, 0.2) is 5.82 Å². The van der Waals surface area contributed by atoms with E-state index in [1.165, 1.54) is 6.20 Å². The highest BCUT2D eigenvalue weighted by Gasteiger charge is 2.31. The zero-order chi connectivity index (χ0) is 30.0. The number of hydrogen-bond donors (Lipinski definition) is 2. The SMILES string of the molecule is CC(C)(O)C[C@@H]1CCCN1c1ncc(Cn2cc(NC(=O)c3cncc(-c4c(C(F)F)ccc(Cl)c4F)n3)cn2)cn1. The molecule has 0 aliphatic carbocycles. The first-order valence-corrected chi connectivity index (χ1v) is 13.6. The smallest absolute Gasteiger partial charge is 0.275 e. The standard InChI is InChI=1S/C28H28ClF3N8O2/c1-28(2,42)8-18-4-3-7-40(18)27-34-9-16(10-35-27)14-39-15-17(11-36-39)37-26(41)22-13-33-12-21(38-22)23-19(25(31)32)5-6-20(29)24(23)30/h5-6,9-13,15,18,25,42H,3-4,7-8,14H2,1-2H3,(H,37,41)/t18-/m0/s1. The van der Waals surface area contributed by atoms with E-state index in [1.807, 2.05) is 0 Å². The minimum absolute atomic E-state index is 0.175. The highest BCUT2D eigenvalue weighted by atomic mass is 35.5. The van der Waals surface area contributed by atoms with Crippen LogP contribution in [0, 0.1) is 5.82 Å². The first kappa shape index (κ1) is 29.4. The minimum Gasteiger partial charge on any atom is -0.390 e. The van der Waals surface area contributed by atoms with Crippen LogP contribution < -0.4 is 10.2 Å². The molecule has 4 aromatic rings. The van der Waals surface area contributed by atoms with Gasteiger partial charge in [0.2, 0.25) is 5.95 Å². The van der Waals surface area contributed by atoms with E-state index < -0.39 is 34.9 Å². The molecule has 1 saturated heterocycles. The van der Waals surface area contributed by atoms with Gasteiger partial charge >= 0.3 is 0 Å². The van der Waals surface area contributed by atoms with E-state index in [1.54, 1.807) is 37.1 Å². The predicted molar refractivity (Wildman–Crippen MR) is 150 cm³/mol. The Bertz CT molecular complexity index is 1580. The number of amides is 1. The van der Waals surface area contributed by atoms with Crippen LogP contribution in [-0.4, -0.2) is 58.9 Å². The Morgan fingerprint density at radius 2 is 1.95 bits per heavy atom. The van der Waals surface area contributed by atoms with Gasteiger partial charge in [-0.2, -0.15) is 5.10 Å². The Hall–Kier alpha value is -4.10. The summed E-state index contributed by atoms with van der Waals surface area (Å²) in [6.45, 7) is 4.76. The van der Waals surface area contributed by atoms with Crippen molar-refractivity contribution < 1.29 is 23.1 Å². The van der Waals surface area contributed by atoms with Gasteiger partial charge in [-0.05, 0) is 39.2 Å². The van der Waals surface area contributed by atoms with E-state index in [0.29, 0.717) is 24.6 Å². The number of aromatic nitrogens is 6. The third-order valence-corrected chi connectivity index (χ3v) is 7.07. The number of nitrogens with one attached hydrogen (secondary N) is 1. The van der Waals surface area contributed by atoms with Crippen LogP contribution in [0.4, 0.5) is 24.8 Å². The lowest BCUT2D eigenvalue weighted by Gasteiger charge is -2.29. The van der Waals surface area contributed by atoms with Crippen LogP contribution in [0.1, 0.15) is 61.2 Å². The fourth-order valence-corrected chi connectivity index (χ4v) is 5.12. The number of halogens is 4. The van der Waals surface area contributed by atoms with Crippen LogP contribution >= 0.6 is 11.6 Å². The van der Waals surface area contributed by atoms with E-state index in [0.717, 1.165) is 49.5 Å². The third-order valence-electron chi connectivity index (χ3n) is 6.78. The van der Waals surface area contributed by atoms with Crippen LogP contribution in [0.15, 0.2) is 49.3 Å². The van der Waals surface area contributed by atoms with Crippen molar-refractivity contribution in [2.45, 2.75) is 57.7 Å². The Kier molecular flexibility index (Phi) is 8.41. The van der Waals surface area contributed by atoms with Gasteiger partial charge in [0.25, 0.3) is 12.3 Å². The van der Waals surface area contributed by atoms with Gasteiger partial charge < -0.3 is 15.3 Å². The van der Waals surface area contributed by atoms with Gasteiger partial charge in [0.1, 0.15) is 5.69 Å². The molecule has 1 atom stereocenters. The Morgan fingerprint density at radius 1 is 1.19 bits per heavy atom. The number of hydrogen-bond acceptors (Lipinski definition) is 8. The number of aliphatic hydroxyl groups is 1. The number of anilines is 2. The topological polar surface area (TPSA) is 122 Å².